The molecule has 2 fully saturated rings. The minimum absolute atomic E-state index is 0.0575. The van der Waals surface area contributed by atoms with E-state index in [1.165, 1.54) is 16.7 Å². The number of nitrogens with one attached hydrogen (secondary N) is 3. The molecule has 0 bridgehead atoms. The lowest BCUT2D eigenvalue weighted by atomic mass is 9.98. The van der Waals surface area contributed by atoms with Crippen molar-refractivity contribution in [2.45, 2.75) is 140 Å². The fourth-order valence-electron chi connectivity index (χ4n) is 8.97. The van der Waals surface area contributed by atoms with Crippen molar-refractivity contribution in [1.29, 1.82) is 0 Å². The second kappa shape index (κ2) is 22.6. The molecular formula is C49H64N10O4. The molecule has 7 rings (SSSR count). The Morgan fingerprint density at radius 1 is 0.730 bits per heavy atom. The Kier molecular flexibility index (Phi) is 16.2. The van der Waals surface area contributed by atoms with E-state index in [2.05, 4.69) is 98.2 Å². The first-order chi connectivity index (χ1) is 30.8. The van der Waals surface area contributed by atoms with E-state index in [0.717, 1.165) is 82.0 Å². The van der Waals surface area contributed by atoms with Crippen LogP contribution in [0.25, 0.3) is 0 Å². The number of hydrogen-bond acceptors (Lipinski definition) is 9. The second-order valence-electron chi connectivity index (χ2n) is 17.3. The number of nitrogens with zero attached hydrogens (tertiary/aromatic N) is 7. The summed E-state index contributed by atoms with van der Waals surface area (Å²) >= 11 is 0. The van der Waals surface area contributed by atoms with Crippen LogP contribution in [0.15, 0.2) is 97.3 Å². The largest absolute Gasteiger partial charge is 0.395 e. The van der Waals surface area contributed by atoms with Crippen LogP contribution in [0.1, 0.15) is 124 Å². The fraction of sp³-hybridized carbons (Fsp3) is 0.490. The zero-order valence-electron chi connectivity index (χ0n) is 36.8. The molecule has 0 unspecified atom stereocenters. The van der Waals surface area contributed by atoms with Gasteiger partial charge in [-0.3, -0.25) is 23.7 Å². The number of amides is 3. The van der Waals surface area contributed by atoms with Crippen LogP contribution in [0.4, 0.5) is 0 Å². The van der Waals surface area contributed by atoms with Gasteiger partial charge in [0.25, 0.3) is 0 Å². The van der Waals surface area contributed by atoms with Gasteiger partial charge in [-0.1, -0.05) is 115 Å². The molecule has 14 heteroatoms. The number of carbonyl (C=O) groups is 3. The molecule has 4 N–H and O–H groups in total. The zero-order chi connectivity index (χ0) is 44.0. The SMILES string of the molecule is C[C@@H](c1ccccc1)c1cn(CCCCc2ccc(CCCCn3cc([C@H](NC(=O)[C@@H]4CC[C@@H]5CCCC[C@H](NC(=O)[C@H](C)NCCO)C(=O)N54)c4ccccc4)nn3)cc2)nn1. The van der Waals surface area contributed by atoms with Crippen LogP contribution in [-0.4, -0.2) is 95.0 Å². The average molecular weight is 857 g/mol. The van der Waals surface area contributed by atoms with Gasteiger partial charge in [-0.15, -0.1) is 10.2 Å². The van der Waals surface area contributed by atoms with E-state index in [0.29, 0.717) is 25.1 Å². The third kappa shape index (κ3) is 12.3. The third-order valence-corrected chi connectivity index (χ3v) is 12.7. The molecule has 63 heavy (non-hydrogen) atoms. The van der Waals surface area contributed by atoms with Crippen LogP contribution in [0, 0.1) is 0 Å². The average Bonchev–Trinajstić information content (AvgIpc) is 4.09. The molecule has 3 aromatic carbocycles. The standard InChI is InChI=1S/C49H64N10O4/c1-35(39-17-5-3-6-18-39)43-33-57(55-53-43)30-13-11-15-37-23-25-38(26-24-37)16-12-14-31-58-34-44(54-56-58)46(40-19-7-4-8-20-40)52-48(62)45-28-27-41-21-9-10-22-42(49(63)59(41)45)51-47(61)36(2)50-29-32-60/h3-8,17-20,23-26,33-36,41-42,45-46,50,60H,9-16,21-22,27-32H2,1-2H3,(H,51,61)(H,52,62)/t35-,36-,41-,42-,45-,46+/m0/s1. The van der Waals surface area contributed by atoms with Gasteiger partial charge in [0.1, 0.15) is 17.8 Å². The van der Waals surface area contributed by atoms with Crippen molar-refractivity contribution in [2.24, 2.45) is 0 Å². The Bertz CT molecular complexity index is 2190. The number of unbranched alkanes of at least 4 members (excludes halogenated alkanes) is 2. The number of rotatable bonds is 21. The van der Waals surface area contributed by atoms with Crippen molar-refractivity contribution in [3.63, 3.8) is 0 Å². The summed E-state index contributed by atoms with van der Waals surface area (Å²) in [4.78, 5) is 43.0. The molecule has 334 valence electrons. The minimum Gasteiger partial charge on any atom is -0.395 e. The van der Waals surface area contributed by atoms with Gasteiger partial charge in [0.15, 0.2) is 0 Å². The van der Waals surface area contributed by atoms with Gasteiger partial charge >= 0.3 is 0 Å². The number of benzene rings is 3. The Hall–Kier alpha value is -5.73. The molecule has 5 aromatic rings. The van der Waals surface area contributed by atoms with Crippen LogP contribution in [-0.2, 0) is 40.3 Å². The molecule has 0 aliphatic carbocycles. The molecule has 2 aliphatic rings. The van der Waals surface area contributed by atoms with Crippen molar-refractivity contribution >= 4 is 17.7 Å². The lowest BCUT2D eigenvalue weighted by Gasteiger charge is -2.36. The van der Waals surface area contributed by atoms with Crippen molar-refractivity contribution in [3.8, 4) is 0 Å². The summed E-state index contributed by atoms with van der Waals surface area (Å²) in [6.07, 6.45) is 14.4. The van der Waals surface area contributed by atoms with Crippen molar-refractivity contribution in [1.82, 2.24) is 50.8 Å². The van der Waals surface area contributed by atoms with Crippen LogP contribution >= 0.6 is 0 Å². The monoisotopic (exact) mass is 857 g/mol. The number of fused-ring (bicyclic) bond motifs is 1. The van der Waals surface area contributed by atoms with Crippen molar-refractivity contribution in [3.05, 3.63) is 131 Å². The lowest BCUT2D eigenvalue weighted by molar-refractivity contribution is -0.144. The normalized spacial score (nSPS) is 19.1. The van der Waals surface area contributed by atoms with E-state index in [1.807, 2.05) is 52.0 Å². The number of aliphatic hydroxyl groups excluding tert-OH is 1. The second-order valence-corrected chi connectivity index (χ2v) is 17.3. The van der Waals surface area contributed by atoms with E-state index in [9.17, 15) is 19.5 Å². The van der Waals surface area contributed by atoms with Gasteiger partial charge in [-0.2, -0.15) is 0 Å². The van der Waals surface area contributed by atoms with E-state index in [1.54, 1.807) is 11.8 Å². The molecule has 0 spiro atoms. The first kappa shape index (κ1) is 45.3. The highest BCUT2D eigenvalue weighted by molar-refractivity contribution is 5.94. The van der Waals surface area contributed by atoms with Crippen LogP contribution in [0.3, 0.4) is 0 Å². The summed E-state index contributed by atoms with van der Waals surface area (Å²) in [6.45, 7) is 5.63. The topological polar surface area (TPSA) is 172 Å². The highest BCUT2D eigenvalue weighted by Gasteiger charge is 2.44. The Morgan fingerprint density at radius 3 is 1.95 bits per heavy atom. The quantitative estimate of drug-likeness (QED) is 0.0680. The Morgan fingerprint density at radius 2 is 1.32 bits per heavy atom. The highest BCUT2D eigenvalue weighted by atomic mass is 16.3. The van der Waals surface area contributed by atoms with Crippen LogP contribution in [0.5, 0.6) is 0 Å². The predicted molar refractivity (Wildman–Crippen MR) is 241 cm³/mol. The van der Waals surface area contributed by atoms with Gasteiger partial charge in [0.2, 0.25) is 17.7 Å². The van der Waals surface area contributed by atoms with Gasteiger partial charge < -0.3 is 26.0 Å². The summed E-state index contributed by atoms with van der Waals surface area (Å²) in [5.74, 6) is -0.526. The van der Waals surface area contributed by atoms with E-state index < -0.39 is 24.2 Å². The zero-order valence-corrected chi connectivity index (χ0v) is 36.8. The lowest BCUT2D eigenvalue weighted by Crippen LogP contribution is -2.58. The molecule has 4 heterocycles. The summed E-state index contributed by atoms with van der Waals surface area (Å²) in [7, 11) is 0. The summed E-state index contributed by atoms with van der Waals surface area (Å²) in [5, 5.41) is 36.1. The van der Waals surface area contributed by atoms with Gasteiger partial charge in [0, 0.05) is 37.8 Å². The number of aliphatic hydroxyl groups is 1. The molecule has 3 amide bonds. The molecule has 6 atom stereocenters. The van der Waals surface area contributed by atoms with E-state index in [-0.39, 0.29) is 42.8 Å². The predicted octanol–water partition coefficient (Wildman–Crippen LogP) is 5.66. The molecule has 2 aromatic heterocycles. The Balaban J connectivity index is 0.878. The highest BCUT2D eigenvalue weighted by Crippen LogP contribution is 2.32. The summed E-state index contributed by atoms with van der Waals surface area (Å²) in [5.41, 5.74) is 6.43. The first-order valence-corrected chi connectivity index (χ1v) is 23.0. The van der Waals surface area contributed by atoms with Gasteiger partial charge in [-0.25, -0.2) is 0 Å². The third-order valence-electron chi connectivity index (χ3n) is 12.7. The van der Waals surface area contributed by atoms with E-state index in [4.69, 9.17) is 0 Å². The van der Waals surface area contributed by atoms with Crippen molar-refractivity contribution < 1.29 is 19.5 Å². The fourth-order valence-corrected chi connectivity index (χ4v) is 8.97. The molecule has 14 nitrogen and oxygen atoms in total. The molecule has 2 aliphatic heterocycles. The smallest absolute Gasteiger partial charge is 0.246 e. The summed E-state index contributed by atoms with van der Waals surface area (Å²) < 4.78 is 3.81. The minimum atomic E-state index is -0.715. The maximum Gasteiger partial charge on any atom is 0.246 e. The number of hydrogen-bond donors (Lipinski definition) is 4. The molecule has 2 saturated heterocycles. The Labute approximate surface area is 371 Å². The number of aromatic nitrogens is 6. The molecule has 0 saturated carbocycles. The first-order valence-electron chi connectivity index (χ1n) is 23.0. The van der Waals surface area contributed by atoms with Crippen LogP contribution in [0.2, 0.25) is 0 Å². The maximum atomic E-state index is 14.2. The molecular weight excluding hydrogens is 793 g/mol. The van der Waals surface area contributed by atoms with Crippen molar-refractivity contribution in [2.75, 3.05) is 13.2 Å². The van der Waals surface area contributed by atoms with E-state index >= 15 is 0 Å². The molecule has 0 radical (unpaired) electrons. The van der Waals surface area contributed by atoms with Gasteiger partial charge in [-0.05, 0) is 93.4 Å². The van der Waals surface area contributed by atoms with Gasteiger partial charge in [0.05, 0.1) is 30.6 Å². The summed E-state index contributed by atoms with van der Waals surface area (Å²) in [6, 6.07) is 26.6. The van der Waals surface area contributed by atoms with Crippen LogP contribution < -0.4 is 16.0 Å². The number of carbonyl (C=O) groups excluding carboxylic acids is 3. The number of aryl methyl sites for hydroxylation is 4. The maximum absolute atomic E-state index is 14.2.